The van der Waals surface area contributed by atoms with Gasteiger partial charge in [0, 0.05) is 17.2 Å². The van der Waals surface area contributed by atoms with E-state index in [-0.39, 0.29) is 17.3 Å². The fourth-order valence-corrected chi connectivity index (χ4v) is 3.44. The van der Waals surface area contributed by atoms with E-state index in [0.29, 0.717) is 17.1 Å². The number of nitrogens with one attached hydrogen (secondary N) is 1. The molecule has 130 valence electrons. The van der Waals surface area contributed by atoms with Crippen molar-refractivity contribution in [1.82, 2.24) is 10.3 Å². The molecule has 3 rings (SSSR count). The van der Waals surface area contributed by atoms with Crippen molar-refractivity contribution in [2.75, 3.05) is 6.26 Å². The third-order valence-corrected chi connectivity index (χ3v) is 5.40. The predicted molar refractivity (Wildman–Crippen MR) is 95.3 cm³/mol. The van der Waals surface area contributed by atoms with Crippen LogP contribution in [0.5, 0.6) is 0 Å². The fraction of sp³-hybridized carbons (Fsp3) is 0.176. The van der Waals surface area contributed by atoms with Crippen molar-refractivity contribution < 1.29 is 17.6 Å². The van der Waals surface area contributed by atoms with Gasteiger partial charge in [0.25, 0.3) is 5.91 Å². The Labute approximate surface area is 149 Å². The molecule has 1 aromatic carbocycles. The standard InChI is InChI=1S/C17H16N2O4S2/c1-11-19-15(10-24-11)16-8-5-13(23-16)9-18-17(20)12-3-6-14(7-4-12)25(2,21)22/h3-8,10H,9H2,1-2H3,(H,18,20). The van der Waals surface area contributed by atoms with E-state index in [1.807, 2.05) is 18.4 Å². The molecule has 8 heteroatoms. The minimum absolute atomic E-state index is 0.179. The first-order valence-electron chi connectivity index (χ1n) is 7.42. The summed E-state index contributed by atoms with van der Waals surface area (Å²) < 4.78 is 28.5. The Morgan fingerprint density at radius 1 is 1.20 bits per heavy atom. The SMILES string of the molecule is Cc1nc(-c2ccc(CNC(=O)c3ccc(S(C)(=O)=O)cc3)o2)cs1. The molecule has 2 heterocycles. The molecule has 0 saturated carbocycles. The molecule has 0 aliphatic heterocycles. The molecule has 0 radical (unpaired) electrons. The number of benzene rings is 1. The van der Waals surface area contributed by atoms with Gasteiger partial charge in [-0.1, -0.05) is 0 Å². The van der Waals surface area contributed by atoms with Crippen LogP contribution < -0.4 is 5.32 Å². The highest BCUT2D eigenvalue weighted by molar-refractivity contribution is 7.90. The van der Waals surface area contributed by atoms with Crippen molar-refractivity contribution in [3.63, 3.8) is 0 Å². The normalized spacial score (nSPS) is 11.4. The minimum Gasteiger partial charge on any atom is -0.458 e. The van der Waals surface area contributed by atoms with Crippen molar-refractivity contribution >= 4 is 27.1 Å². The van der Waals surface area contributed by atoms with E-state index in [0.717, 1.165) is 17.0 Å². The van der Waals surface area contributed by atoms with Crippen LogP contribution in [-0.4, -0.2) is 25.6 Å². The van der Waals surface area contributed by atoms with Crippen LogP contribution in [0.15, 0.2) is 51.1 Å². The van der Waals surface area contributed by atoms with Crippen molar-refractivity contribution in [3.8, 4) is 11.5 Å². The van der Waals surface area contributed by atoms with Gasteiger partial charge in [0.05, 0.1) is 16.4 Å². The molecule has 0 aliphatic rings. The highest BCUT2D eigenvalue weighted by Gasteiger charge is 2.12. The van der Waals surface area contributed by atoms with Gasteiger partial charge in [-0.25, -0.2) is 13.4 Å². The number of aryl methyl sites for hydroxylation is 1. The number of nitrogens with zero attached hydrogens (tertiary/aromatic N) is 1. The van der Waals surface area contributed by atoms with Gasteiger partial charge in [0.1, 0.15) is 11.5 Å². The van der Waals surface area contributed by atoms with E-state index in [2.05, 4.69) is 10.3 Å². The molecule has 3 aromatic rings. The molecule has 0 aliphatic carbocycles. The second kappa shape index (κ2) is 6.81. The largest absolute Gasteiger partial charge is 0.458 e. The van der Waals surface area contributed by atoms with Crippen LogP contribution >= 0.6 is 11.3 Å². The Balaban J connectivity index is 1.63. The number of rotatable bonds is 5. The Kier molecular flexibility index (Phi) is 4.73. The number of hydrogen-bond donors (Lipinski definition) is 1. The Bertz CT molecular complexity index is 1000. The highest BCUT2D eigenvalue weighted by atomic mass is 32.2. The number of carbonyl (C=O) groups is 1. The number of furan rings is 1. The quantitative estimate of drug-likeness (QED) is 0.739. The van der Waals surface area contributed by atoms with Crippen LogP contribution in [0.4, 0.5) is 0 Å². The summed E-state index contributed by atoms with van der Waals surface area (Å²) in [7, 11) is -3.27. The van der Waals surface area contributed by atoms with Crippen molar-refractivity contribution in [1.29, 1.82) is 0 Å². The first kappa shape index (κ1) is 17.4. The van der Waals surface area contributed by atoms with E-state index in [1.54, 1.807) is 17.4 Å². The van der Waals surface area contributed by atoms with Gasteiger partial charge in [-0.2, -0.15) is 0 Å². The monoisotopic (exact) mass is 376 g/mol. The summed E-state index contributed by atoms with van der Waals surface area (Å²) in [5.74, 6) is 0.968. The van der Waals surface area contributed by atoms with Gasteiger partial charge in [-0.15, -0.1) is 11.3 Å². The minimum atomic E-state index is -3.27. The van der Waals surface area contributed by atoms with Crippen LogP contribution in [0.25, 0.3) is 11.5 Å². The topological polar surface area (TPSA) is 89.3 Å². The summed E-state index contributed by atoms with van der Waals surface area (Å²) in [6.07, 6.45) is 1.13. The maximum atomic E-state index is 12.1. The number of aromatic nitrogens is 1. The van der Waals surface area contributed by atoms with Gasteiger partial charge >= 0.3 is 0 Å². The van der Waals surface area contributed by atoms with Gasteiger partial charge in [0.2, 0.25) is 0 Å². The average Bonchev–Trinajstić information content (AvgIpc) is 3.20. The lowest BCUT2D eigenvalue weighted by Crippen LogP contribution is -2.22. The molecule has 0 spiro atoms. The molecule has 0 bridgehead atoms. The molecule has 0 atom stereocenters. The van der Waals surface area contributed by atoms with Crippen LogP contribution in [-0.2, 0) is 16.4 Å². The lowest BCUT2D eigenvalue weighted by Gasteiger charge is -2.04. The second-order valence-corrected chi connectivity index (χ2v) is 8.57. The maximum absolute atomic E-state index is 12.1. The zero-order valence-electron chi connectivity index (χ0n) is 13.6. The van der Waals surface area contributed by atoms with Crippen LogP contribution in [0.2, 0.25) is 0 Å². The Hall–Kier alpha value is -2.45. The van der Waals surface area contributed by atoms with Crippen molar-refractivity contribution in [2.24, 2.45) is 0 Å². The Morgan fingerprint density at radius 3 is 2.52 bits per heavy atom. The summed E-state index contributed by atoms with van der Waals surface area (Å²) in [5, 5.41) is 5.62. The van der Waals surface area contributed by atoms with Gasteiger partial charge < -0.3 is 9.73 Å². The first-order valence-corrected chi connectivity index (χ1v) is 10.2. The van der Waals surface area contributed by atoms with E-state index in [4.69, 9.17) is 4.42 Å². The number of amides is 1. The van der Waals surface area contributed by atoms with E-state index >= 15 is 0 Å². The third kappa shape index (κ3) is 4.15. The number of carbonyl (C=O) groups excluding carboxylic acids is 1. The molecular formula is C17H16N2O4S2. The molecule has 25 heavy (non-hydrogen) atoms. The fourth-order valence-electron chi connectivity index (χ4n) is 2.21. The molecule has 0 saturated heterocycles. The molecule has 1 N–H and O–H groups in total. The molecule has 0 fully saturated rings. The van der Waals surface area contributed by atoms with E-state index < -0.39 is 9.84 Å². The van der Waals surface area contributed by atoms with Crippen LogP contribution in [0, 0.1) is 6.92 Å². The Morgan fingerprint density at radius 2 is 1.92 bits per heavy atom. The zero-order chi connectivity index (χ0) is 18.0. The zero-order valence-corrected chi connectivity index (χ0v) is 15.3. The second-order valence-electron chi connectivity index (χ2n) is 5.50. The lowest BCUT2D eigenvalue weighted by molar-refractivity contribution is 0.0948. The molecule has 1 amide bonds. The van der Waals surface area contributed by atoms with E-state index in [9.17, 15) is 13.2 Å². The van der Waals surface area contributed by atoms with Crippen molar-refractivity contribution in [2.45, 2.75) is 18.4 Å². The molecular weight excluding hydrogens is 360 g/mol. The summed E-state index contributed by atoms with van der Waals surface area (Å²) in [6, 6.07) is 9.40. The summed E-state index contributed by atoms with van der Waals surface area (Å²) in [6.45, 7) is 2.16. The summed E-state index contributed by atoms with van der Waals surface area (Å²) in [5.41, 5.74) is 1.16. The van der Waals surface area contributed by atoms with Gasteiger partial charge in [-0.05, 0) is 43.3 Å². The lowest BCUT2D eigenvalue weighted by atomic mass is 10.2. The molecule has 2 aromatic heterocycles. The smallest absolute Gasteiger partial charge is 0.251 e. The molecule has 0 unspecified atom stereocenters. The van der Waals surface area contributed by atoms with Crippen LogP contribution in [0.1, 0.15) is 21.1 Å². The molecule has 6 nitrogen and oxygen atoms in total. The summed E-state index contributed by atoms with van der Waals surface area (Å²) >= 11 is 1.54. The number of hydrogen-bond acceptors (Lipinski definition) is 6. The van der Waals surface area contributed by atoms with Crippen molar-refractivity contribution in [3.05, 3.63) is 58.1 Å². The predicted octanol–water partition coefficient (Wildman–Crippen LogP) is 3.05. The average molecular weight is 376 g/mol. The number of thiazole rings is 1. The number of sulfone groups is 1. The third-order valence-electron chi connectivity index (χ3n) is 3.50. The first-order chi connectivity index (χ1) is 11.8. The van der Waals surface area contributed by atoms with E-state index in [1.165, 1.54) is 24.3 Å². The van der Waals surface area contributed by atoms with Gasteiger partial charge in [-0.3, -0.25) is 4.79 Å². The maximum Gasteiger partial charge on any atom is 0.251 e. The van der Waals surface area contributed by atoms with Crippen LogP contribution in [0.3, 0.4) is 0 Å². The summed E-state index contributed by atoms with van der Waals surface area (Å²) in [4.78, 5) is 16.7. The highest BCUT2D eigenvalue weighted by Crippen LogP contribution is 2.23. The van der Waals surface area contributed by atoms with Gasteiger partial charge in [0.15, 0.2) is 15.6 Å².